The monoisotopic (exact) mass is 389 g/mol. The third-order valence-electron chi connectivity index (χ3n) is 4.92. The number of hydrogen-bond donors (Lipinski definition) is 1. The van der Waals surface area contributed by atoms with E-state index in [4.69, 9.17) is 4.42 Å². The zero-order valence-corrected chi connectivity index (χ0v) is 16.4. The number of furan rings is 1. The van der Waals surface area contributed by atoms with Gasteiger partial charge in [0.1, 0.15) is 11.3 Å². The van der Waals surface area contributed by atoms with Gasteiger partial charge in [-0.25, -0.2) is 4.68 Å². The molecule has 29 heavy (non-hydrogen) atoms. The van der Waals surface area contributed by atoms with Crippen LogP contribution >= 0.6 is 0 Å². The number of amides is 1. The van der Waals surface area contributed by atoms with E-state index in [2.05, 4.69) is 15.6 Å². The number of likely N-dealkylation sites (N-methyl/N-ethyl adjacent to an activating group) is 1. The van der Waals surface area contributed by atoms with Crippen molar-refractivity contribution < 1.29 is 9.21 Å². The number of nitrogens with zero attached hydrogens (tertiary/aromatic N) is 4. The predicted octanol–water partition coefficient (Wildman–Crippen LogP) is 3.11. The minimum Gasteiger partial charge on any atom is -0.468 e. The number of carbonyl (C=O) groups is 1. The van der Waals surface area contributed by atoms with Crippen LogP contribution in [0, 0.1) is 0 Å². The lowest BCUT2D eigenvalue weighted by Gasteiger charge is -2.22. The van der Waals surface area contributed by atoms with E-state index in [9.17, 15) is 4.79 Å². The van der Waals surface area contributed by atoms with Crippen molar-refractivity contribution in [3.05, 3.63) is 83.8 Å². The molecule has 0 aliphatic carbocycles. The molecule has 148 valence electrons. The molecule has 0 bridgehead atoms. The lowest BCUT2D eigenvalue weighted by molar-refractivity contribution is 0.0939. The lowest BCUT2D eigenvalue weighted by atomic mass is 10.1. The summed E-state index contributed by atoms with van der Waals surface area (Å²) < 4.78 is 7.34. The summed E-state index contributed by atoms with van der Waals surface area (Å²) in [6.07, 6.45) is 1.64. The Morgan fingerprint density at radius 1 is 1.10 bits per heavy atom. The summed E-state index contributed by atoms with van der Waals surface area (Å²) in [7, 11) is 3.92. The smallest absolute Gasteiger partial charge is 0.251 e. The van der Waals surface area contributed by atoms with Crippen LogP contribution in [0.25, 0.3) is 11.0 Å². The van der Waals surface area contributed by atoms with E-state index >= 15 is 0 Å². The Morgan fingerprint density at radius 2 is 1.90 bits per heavy atom. The summed E-state index contributed by atoms with van der Waals surface area (Å²) in [6, 6.07) is 19.2. The van der Waals surface area contributed by atoms with E-state index in [0.29, 0.717) is 18.7 Å². The first-order chi connectivity index (χ1) is 14.1. The summed E-state index contributed by atoms with van der Waals surface area (Å²) in [5.41, 5.74) is 3.53. The number of carbonyl (C=O) groups excluding carboxylic acids is 1. The van der Waals surface area contributed by atoms with Crippen molar-refractivity contribution in [1.82, 2.24) is 25.2 Å². The second-order valence-electron chi connectivity index (χ2n) is 7.14. The number of aromatic nitrogens is 3. The Morgan fingerprint density at radius 3 is 2.62 bits per heavy atom. The summed E-state index contributed by atoms with van der Waals surface area (Å²) in [6.45, 7) is 1.07. The fraction of sp³-hybridized carbons (Fsp3) is 0.227. The van der Waals surface area contributed by atoms with Crippen molar-refractivity contribution in [2.45, 2.75) is 12.6 Å². The molecule has 2 aromatic carbocycles. The molecular formula is C22H23N5O2. The first-order valence-corrected chi connectivity index (χ1v) is 9.47. The number of nitrogens with one attached hydrogen (secondary N) is 1. The summed E-state index contributed by atoms with van der Waals surface area (Å²) in [5, 5.41) is 11.4. The Balaban J connectivity index is 1.40. The summed E-state index contributed by atoms with van der Waals surface area (Å²) >= 11 is 0. The molecule has 0 spiro atoms. The number of para-hydroxylation sites is 1. The van der Waals surface area contributed by atoms with Crippen molar-refractivity contribution >= 4 is 16.9 Å². The average Bonchev–Trinajstić information content (AvgIpc) is 3.39. The van der Waals surface area contributed by atoms with Crippen LogP contribution in [0.5, 0.6) is 0 Å². The van der Waals surface area contributed by atoms with Gasteiger partial charge in [0.05, 0.1) is 24.4 Å². The van der Waals surface area contributed by atoms with Crippen molar-refractivity contribution in [2.24, 2.45) is 0 Å². The van der Waals surface area contributed by atoms with Gasteiger partial charge in [-0.3, -0.25) is 9.69 Å². The lowest BCUT2D eigenvalue weighted by Crippen LogP contribution is -2.34. The summed E-state index contributed by atoms with van der Waals surface area (Å²) in [4.78, 5) is 14.6. The molecule has 0 fully saturated rings. The molecule has 1 amide bonds. The standard InChI is InChI=1S/C22H23N5O2/c1-26(2)20(21-8-5-13-29-21)14-23-22(28)17-11-9-16(10-12-17)15-27-19-7-4-3-6-18(19)24-25-27/h3-13,20H,14-15H2,1-2H3,(H,23,28). The number of hydrogen-bond acceptors (Lipinski definition) is 5. The van der Waals surface area contributed by atoms with E-state index in [1.54, 1.807) is 6.26 Å². The van der Waals surface area contributed by atoms with Crippen LogP contribution in [0.4, 0.5) is 0 Å². The molecule has 2 aromatic heterocycles. The van der Waals surface area contributed by atoms with Crippen molar-refractivity contribution in [2.75, 3.05) is 20.6 Å². The van der Waals surface area contributed by atoms with Gasteiger partial charge in [0.15, 0.2) is 0 Å². The first-order valence-electron chi connectivity index (χ1n) is 9.47. The van der Waals surface area contributed by atoms with Crippen LogP contribution in [0.2, 0.25) is 0 Å². The summed E-state index contributed by atoms with van der Waals surface area (Å²) in [5.74, 6) is 0.715. The maximum atomic E-state index is 12.6. The Kier molecular flexibility index (Phi) is 5.39. The molecule has 4 aromatic rings. The van der Waals surface area contributed by atoms with E-state index in [1.807, 2.05) is 84.3 Å². The minimum atomic E-state index is -0.110. The van der Waals surface area contributed by atoms with Gasteiger partial charge < -0.3 is 9.73 Å². The maximum absolute atomic E-state index is 12.6. The maximum Gasteiger partial charge on any atom is 0.251 e. The quantitative estimate of drug-likeness (QED) is 0.526. The van der Waals surface area contributed by atoms with Crippen LogP contribution in [0.15, 0.2) is 71.3 Å². The molecular weight excluding hydrogens is 366 g/mol. The van der Waals surface area contributed by atoms with Gasteiger partial charge in [0.25, 0.3) is 5.91 Å². The highest BCUT2D eigenvalue weighted by Crippen LogP contribution is 2.18. The highest BCUT2D eigenvalue weighted by Gasteiger charge is 2.18. The van der Waals surface area contributed by atoms with E-state index in [-0.39, 0.29) is 11.9 Å². The van der Waals surface area contributed by atoms with Gasteiger partial charge in [0.2, 0.25) is 0 Å². The first kappa shape index (κ1) is 18.9. The highest BCUT2D eigenvalue weighted by atomic mass is 16.3. The Bertz CT molecular complexity index is 1080. The van der Waals surface area contributed by atoms with E-state index < -0.39 is 0 Å². The van der Waals surface area contributed by atoms with Gasteiger partial charge >= 0.3 is 0 Å². The normalized spacial score (nSPS) is 12.4. The molecule has 7 heteroatoms. The van der Waals surface area contributed by atoms with Crippen molar-refractivity contribution in [3.8, 4) is 0 Å². The van der Waals surface area contributed by atoms with Gasteiger partial charge in [-0.2, -0.15) is 0 Å². The van der Waals surface area contributed by atoms with Crippen LogP contribution < -0.4 is 5.32 Å². The van der Waals surface area contributed by atoms with Gasteiger partial charge in [-0.15, -0.1) is 5.10 Å². The van der Waals surface area contributed by atoms with Crippen LogP contribution in [-0.2, 0) is 6.54 Å². The molecule has 0 saturated heterocycles. The van der Waals surface area contributed by atoms with Crippen LogP contribution in [0.1, 0.15) is 27.7 Å². The highest BCUT2D eigenvalue weighted by molar-refractivity contribution is 5.94. The zero-order valence-electron chi connectivity index (χ0n) is 16.4. The fourth-order valence-electron chi connectivity index (χ4n) is 3.28. The average molecular weight is 389 g/mol. The Labute approximate surface area is 168 Å². The second-order valence-corrected chi connectivity index (χ2v) is 7.14. The third kappa shape index (κ3) is 4.20. The van der Waals surface area contributed by atoms with Gasteiger partial charge in [-0.1, -0.05) is 29.5 Å². The van der Waals surface area contributed by atoms with Crippen molar-refractivity contribution in [3.63, 3.8) is 0 Å². The largest absolute Gasteiger partial charge is 0.468 e. The van der Waals surface area contributed by atoms with E-state index in [1.165, 1.54) is 0 Å². The topological polar surface area (TPSA) is 76.2 Å². The molecule has 7 nitrogen and oxygen atoms in total. The molecule has 0 aliphatic heterocycles. The second kappa shape index (κ2) is 8.28. The molecule has 0 radical (unpaired) electrons. The molecule has 2 heterocycles. The minimum absolute atomic E-state index is 0.0196. The predicted molar refractivity (Wildman–Crippen MR) is 111 cm³/mol. The Hall–Kier alpha value is -3.45. The van der Waals surface area contributed by atoms with Gasteiger partial charge in [-0.05, 0) is 56.1 Å². The zero-order chi connectivity index (χ0) is 20.2. The van der Waals surface area contributed by atoms with Crippen LogP contribution in [-0.4, -0.2) is 46.4 Å². The molecule has 1 unspecified atom stereocenters. The van der Waals surface area contributed by atoms with Crippen LogP contribution in [0.3, 0.4) is 0 Å². The molecule has 1 atom stereocenters. The number of rotatable bonds is 7. The molecule has 0 saturated carbocycles. The fourth-order valence-corrected chi connectivity index (χ4v) is 3.28. The van der Waals surface area contributed by atoms with E-state index in [0.717, 1.165) is 22.4 Å². The molecule has 1 N–H and O–H groups in total. The molecule has 4 rings (SSSR count). The van der Waals surface area contributed by atoms with Gasteiger partial charge in [0, 0.05) is 12.1 Å². The third-order valence-corrected chi connectivity index (χ3v) is 4.92. The number of benzene rings is 2. The molecule has 0 aliphatic rings. The number of fused-ring (bicyclic) bond motifs is 1. The SMILES string of the molecule is CN(C)C(CNC(=O)c1ccc(Cn2nnc3ccccc32)cc1)c1ccco1. The van der Waals surface area contributed by atoms with Crippen molar-refractivity contribution in [1.29, 1.82) is 0 Å².